The third-order valence-corrected chi connectivity index (χ3v) is 6.76. The molecule has 168 valence electrons. The third kappa shape index (κ3) is 5.05. The van der Waals surface area contributed by atoms with E-state index in [1.807, 2.05) is 26.0 Å². The SMILES string of the molecule is Cc1ccc(NS(=O)(=O)c2cc(NC(=O)c3ccc(-n4cncn4)cc3)ccc2Cl)c(C)c1. The summed E-state index contributed by atoms with van der Waals surface area (Å²) < 4.78 is 30.1. The molecule has 4 aromatic rings. The monoisotopic (exact) mass is 481 g/mol. The van der Waals surface area contributed by atoms with Gasteiger partial charge in [0.25, 0.3) is 15.9 Å². The second kappa shape index (κ2) is 9.05. The molecule has 8 nitrogen and oxygen atoms in total. The van der Waals surface area contributed by atoms with E-state index >= 15 is 0 Å². The summed E-state index contributed by atoms with van der Waals surface area (Å²) in [5.74, 6) is -0.395. The maximum atomic E-state index is 13.0. The number of hydrogen-bond acceptors (Lipinski definition) is 5. The molecule has 0 aliphatic carbocycles. The average molecular weight is 482 g/mol. The minimum Gasteiger partial charge on any atom is -0.322 e. The minimum absolute atomic E-state index is 0.0439. The van der Waals surface area contributed by atoms with Gasteiger partial charge in [-0.25, -0.2) is 18.1 Å². The van der Waals surface area contributed by atoms with Crippen LogP contribution in [-0.2, 0) is 10.0 Å². The lowest BCUT2D eigenvalue weighted by molar-refractivity contribution is 0.102. The molecule has 0 aliphatic heterocycles. The van der Waals surface area contributed by atoms with Crippen LogP contribution in [0.15, 0.2) is 78.2 Å². The van der Waals surface area contributed by atoms with Crippen LogP contribution >= 0.6 is 11.6 Å². The van der Waals surface area contributed by atoms with Crippen LogP contribution < -0.4 is 10.0 Å². The molecule has 0 unspecified atom stereocenters. The number of hydrogen-bond donors (Lipinski definition) is 2. The van der Waals surface area contributed by atoms with Crippen molar-refractivity contribution in [3.8, 4) is 5.69 Å². The van der Waals surface area contributed by atoms with Gasteiger partial charge in [-0.15, -0.1) is 0 Å². The summed E-state index contributed by atoms with van der Waals surface area (Å²) in [5, 5.41) is 6.79. The van der Waals surface area contributed by atoms with Crippen LogP contribution in [0.4, 0.5) is 11.4 Å². The van der Waals surface area contributed by atoms with Gasteiger partial charge in [0.05, 0.1) is 16.4 Å². The van der Waals surface area contributed by atoms with Crippen molar-refractivity contribution in [1.29, 1.82) is 0 Å². The van der Waals surface area contributed by atoms with E-state index in [1.165, 1.54) is 18.5 Å². The molecule has 0 spiro atoms. The smallest absolute Gasteiger partial charge is 0.263 e. The van der Waals surface area contributed by atoms with Crippen molar-refractivity contribution in [2.24, 2.45) is 0 Å². The molecule has 10 heteroatoms. The zero-order chi connectivity index (χ0) is 23.6. The molecule has 0 saturated heterocycles. The van der Waals surface area contributed by atoms with E-state index in [0.717, 1.165) is 16.8 Å². The van der Waals surface area contributed by atoms with E-state index in [2.05, 4.69) is 20.1 Å². The number of amides is 1. The van der Waals surface area contributed by atoms with E-state index in [4.69, 9.17) is 11.6 Å². The quantitative estimate of drug-likeness (QED) is 0.419. The first-order valence-electron chi connectivity index (χ1n) is 9.89. The van der Waals surface area contributed by atoms with Crippen molar-refractivity contribution >= 4 is 38.9 Å². The van der Waals surface area contributed by atoms with Crippen LogP contribution in [0.5, 0.6) is 0 Å². The Bertz CT molecular complexity index is 1420. The summed E-state index contributed by atoms with van der Waals surface area (Å²) in [5.41, 5.74) is 3.71. The molecule has 33 heavy (non-hydrogen) atoms. The number of benzene rings is 3. The molecule has 1 amide bonds. The Morgan fingerprint density at radius 2 is 1.76 bits per heavy atom. The fourth-order valence-electron chi connectivity index (χ4n) is 3.23. The minimum atomic E-state index is -3.98. The number of carbonyl (C=O) groups is 1. The van der Waals surface area contributed by atoms with Crippen LogP contribution in [0.25, 0.3) is 5.69 Å². The van der Waals surface area contributed by atoms with E-state index < -0.39 is 15.9 Å². The van der Waals surface area contributed by atoms with Crippen LogP contribution in [-0.4, -0.2) is 29.1 Å². The van der Waals surface area contributed by atoms with Crippen molar-refractivity contribution in [2.75, 3.05) is 10.0 Å². The molecular weight excluding hydrogens is 462 g/mol. The van der Waals surface area contributed by atoms with Crippen LogP contribution in [0.3, 0.4) is 0 Å². The molecule has 1 heterocycles. The predicted molar refractivity (Wildman–Crippen MR) is 127 cm³/mol. The molecule has 0 radical (unpaired) electrons. The highest BCUT2D eigenvalue weighted by Gasteiger charge is 2.20. The molecule has 0 saturated carbocycles. The van der Waals surface area contributed by atoms with Crippen molar-refractivity contribution in [2.45, 2.75) is 18.7 Å². The van der Waals surface area contributed by atoms with Gasteiger partial charge < -0.3 is 5.32 Å². The van der Waals surface area contributed by atoms with Crippen LogP contribution in [0.2, 0.25) is 5.02 Å². The first-order chi connectivity index (χ1) is 15.7. The molecule has 0 fully saturated rings. The molecule has 0 atom stereocenters. The predicted octanol–water partition coefficient (Wildman–Crippen LogP) is 4.59. The van der Waals surface area contributed by atoms with E-state index in [0.29, 0.717) is 16.9 Å². The lowest BCUT2D eigenvalue weighted by atomic mass is 10.1. The summed E-state index contributed by atoms with van der Waals surface area (Å²) in [4.78, 5) is 16.4. The Morgan fingerprint density at radius 1 is 1.00 bits per heavy atom. The summed E-state index contributed by atoms with van der Waals surface area (Å²) in [6.45, 7) is 3.74. The zero-order valence-electron chi connectivity index (χ0n) is 17.8. The van der Waals surface area contributed by atoms with Gasteiger partial charge in [0.15, 0.2) is 0 Å². The highest BCUT2D eigenvalue weighted by atomic mass is 35.5. The number of nitrogens with zero attached hydrogens (tertiary/aromatic N) is 3. The largest absolute Gasteiger partial charge is 0.322 e. The second-order valence-electron chi connectivity index (χ2n) is 7.41. The summed E-state index contributed by atoms with van der Waals surface area (Å²) in [6, 6.07) is 16.4. The fourth-order valence-corrected chi connectivity index (χ4v) is 4.88. The number of halogens is 1. The lowest BCUT2D eigenvalue weighted by Crippen LogP contribution is -2.16. The maximum absolute atomic E-state index is 13.0. The second-order valence-corrected chi connectivity index (χ2v) is 9.47. The summed E-state index contributed by atoms with van der Waals surface area (Å²) >= 11 is 6.19. The molecule has 0 bridgehead atoms. The standard InChI is InChI=1S/C23H20ClN5O3S/c1-15-3-10-21(16(2)11-15)28-33(31,32)22-12-18(6-9-20(22)24)27-23(30)17-4-7-19(8-5-17)29-14-25-13-26-29/h3-14,28H,1-2H3,(H,27,30). The maximum Gasteiger partial charge on any atom is 0.263 e. The van der Waals surface area contributed by atoms with Gasteiger partial charge in [-0.3, -0.25) is 9.52 Å². The molecule has 1 aromatic heterocycles. The number of nitrogens with one attached hydrogen (secondary N) is 2. The molecule has 0 aliphatic rings. The lowest BCUT2D eigenvalue weighted by Gasteiger charge is -2.14. The number of aromatic nitrogens is 3. The van der Waals surface area contributed by atoms with E-state index in [9.17, 15) is 13.2 Å². The topological polar surface area (TPSA) is 106 Å². The fraction of sp³-hybridized carbons (Fsp3) is 0.0870. The first-order valence-corrected chi connectivity index (χ1v) is 11.7. The van der Waals surface area contributed by atoms with E-state index in [-0.39, 0.29) is 9.92 Å². The van der Waals surface area contributed by atoms with Crippen molar-refractivity contribution in [1.82, 2.24) is 14.8 Å². The molecule has 2 N–H and O–H groups in total. The van der Waals surface area contributed by atoms with Crippen molar-refractivity contribution in [3.05, 3.63) is 95.0 Å². The van der Waals surface area contributed by atoms with E-state index in [1.54, 1.807) is 47.4 Å². The molecular formula is C23H20ClN5O3S. The van der Waals surface area contributed by atoms with Crippen LogP contribution in [0.1, 0.15) is 21.5 Å². The number of sulfonamides is 1. The number of rotatable bonds is 6. The number of carbonyl (C=O) groups excluding carboxylic acids is 1. The van der Waals surface area contributed by atoms with Crippen LogP contribution in [0, 0.1) is 13.8 Å². The zero-order valence-corrected chi connectivity index (χ0v) is 19.4. The van der Waals surface area contributed by atoms with Gasteiger partial charge in [0.1, 0.15) is 17.6 Å². The van der Waals surface area contributed by atoms with Gasteiger partial charge in [-0.1, -0.05) is 29.3 Å². The first kappa shape index (κ1) is 22.5. The van der Waals surface area contributed by atoms with Gasteiger partial charge >= 0.3 is 0 Å². The van der Waals surface area contributed by atoms with Gasteiger partial charge in [0.2, 0.25) is 0 Å². The highest BCUT2D eigenvalue weighted by molar-refractivity contribution is 7.92. The number of anilines is 2. The van der Waals surface area contributed by atoms with Gasteiger partial charge in [-0.05, 0) is 67.9 Å². The van der Waals surface area contributed by atoms with Gasteiger partial charge in [0, 0.05) is 11.3 Å². The van der Waals surface area contributed by atoms with Gasteiger partial charge in [-0.2, -0.15) is 5.10 Å². The van der Waals surface area contributed by atoms with Crippen molar-refractivity contribution < 1.29 is 13.2 Å². The molecule has 4 rings (SSSR count). The average Bonchev–Trinajstić information content (AvgIpc) is 3.32. The normalized spacial score (nSPS) is 11.2. The highest BCUT2D eigenvalue weighted by Crippen LogP contribution is 2.28. The summed E-state index contributed by atoms with van der Waals surface area (Å²) in [7, 11) is -3.98. The summed E-state index contributed by atoms with van der Waals surface area (Å²) in [6.07, 6.45) is 2.97. The molecule has 3 aromatic carbocycles. The number of aryl methyl sites for hydroxylation is 2. The third-order valence-electron chi connectivity index (χ3n) is 4.92. The Balaban J connectivity index is 1.54. The Kier molecular flexibility index (Phi) is 6.17. The Morgan fingerprint density at radius 3 is 2.42 bits per heavy atom. The Hall–Kier alpha value is -3.69. The Labute approximate surface area is 196 Å². The van der Waals surface area contributed by atoms with Crippen molar-refractivity contribution in [3.63, 3.8) is 0 Å².